The summed E-state index contributed by atoms with van der Waals surface area (Å²) >= 11 is 0. The van der Waals surface area contributed by atoms with E-state index in [1.165, 1.54) is 0 Å². The Bertz CT molecular complexity index is 358. The third-order valence-electron chi connectivity index (χ3n) is 2.01. The molecule has 1 N–H and O–H groups in total. The lowest BCUT2D eigenvalue weighted by Gasteiger charge is -2.09. The van der Waals surface area contributed by atoms with Gasteiger partial charge < -0.3 is 9.94 Å². The van der Waals surface area contributed by atoms with Crippen LogP contribution in [-0.4, -0.2) is 17.5 Å². The molecule has 80 valence electrons. The van der Waals surface area contributed by atoms with Gasteiger partial charge in [-0.25, -0.2) is 0 Å². The highest BCUT2D eigenvalue weighted by Gasteiger charge is 2.08. The van der Waals surface area contributed by atoms with E-state index in [0.29, 0.717) is 24.5 Å². The maximum Gasteiger partial charge on any atom is 0.128 e. The largest absolute Gasteiger partial charge is 0.489 e. The summed E-state index contributed by atoms with van der Waals surface area (Å²) < 4.78 is 5.46. The topological polar surface area (TPSA) is 41.8 Å². The smallest absolute Gasteiger partial charge is 0.128 e. The summed E-state index contributed by atoms with van der Waals surface area (Å²) in [5.41, 5.74) is 1.44. The molecule has 1 aromatic rings. The average Bonchev–Trinajstić information content (AvgIpc) is 2.29. The first-order valence-electron chi connectivity index (χ1n) is 4.87. The predicted octanol–water partition coefficient (Wildman–Crippen LogP) is 2.84. The normalized spacial score (nSPS) is 11.1. The van der Waals surface area contributed by atoms with Crippen molar-refractivity contribution in [1.82, 2.24) is 0 Å². The van der Waals surface area contributed by atoms with Gasteiger partial charge >= 0.3 is 0 Å². The number of rotatable bonds is 5. The van der Waals surface area contributed by atoms with Gasteiger partial charge in [0.05, 0.1) is 5.71 Å². The molecular formula is C12H15NO2. The maximum atomic E-state index is 8.84. The molecule has 0 fully saturated rings. The Balaban J connectivity index is 2.99. The highest BCUT2D eigenvalue weighted by atomic mass is 16.5. The van der Waals surface area contributed by atoms with Gasteiger partial charge in [0.2, 0.25) is 0 Å². The van der Waals surface area contributed by atoms with Crippen molar-refractivity contribution >= 4 is 5.71 Å². The number of ether oxygens (including phenoxy) is 1. The molecular weight excluding hydrogens is 190 g/mol. The van der Waals surface area contributed by atoms with Crippen LogP contribution < -0.4 is 4.74 Å². The number of para-hydroxylation sites is 1. The molecule has 0 aliphatic carbocycles. The summed E-state index contributed by atoms with van der Waals surface area (Å²) in [6, 6.07) is 7.49. The second-order valence-corrected chi connectivity index (χ2v) is 3.00. The lowest BCUT2D eigenvalue weighted by molar-refractivity contribution is 0.317. The zero-order valence-electron chi connectivity index (χ0n) is 8.81. The lowest BCUT2D eigenvalue weighted by Crippen LogP contribution is -2.04. The van der Waals surface area contributed by atoms with Gasteiger partial charge in [0, 0.05) is 5.56 Å². The Hall–Kier alpha value is -1.77. The third-order valence-corrected chi connectivity index (χ3v) is 2.01. The molecule has 0 saturated carbocycles. The zero-order valence-corrected chi connectivity index (χ0v) is 8.81. The van der Waals surface area contributed by atoms with Crippen LogP contribution in [0.5, 0.6) is 5.75 Å². The van der Waals surface area contributed by atoms with Gasteiger partial charge in [0.1, 0.15) is 12.4 Å². The number of oxime groups is 1. The highest BCUT2D eigenvalue weighted by Crippen LogP contribution is 2.20. The summed E-state index contributed by atoms with van der Waals surface area (Å²) in [5.74, 6) is 0.715. The predicted molar refractivity (Wildman–Crippen MR) is 60.7 cm³/mol. The first-order chi connectivity index (χ1) is 7.33. The summed E-state index contributed by atoms with van der Waals surface area (Å²) in [5, 5.41) is 12.1. The van der Waals surface area contributed by atoms with Crippen molar-refractivity contribution in [3.8, 4) is 5.75 Å². The van der Waals surface area contributed by atoms with Crippen LogP contribution in [0.4, 0.5) is 0 Å². The Morgan fingerprint density at radius 1 is 1.53 bits per heavy atom. The van der Waals surface area contributed by atoms with Crippen LogP contribution in [0.1, 0.15) is 18.9 Å². The van der Waals surface area contributed by atoms with Crippen molar-refractivity contribution in [3.05, 3.63) is 42.5 Å². The highest BCUT2D eigenvalue weighted by molar-refractivity contribution is 6.02. The second-order valence-electron chi connectivity index (χ2n) is 3.00. The Morgan fingerprint density at radius 2 is 2.27 bits per heavy atom. The van der Waals surface area contributed by atoms with Gasteiger partial charge in [-0.2, -0.15) is 0 Å². The molecule has 0 radical (unpaired) electrons. The van der Waals surface area contributed by atoms with Crippen LogP contribution in [0.3, 0.4) is 0 Å². The molecule has 0 aromatic heterocycles. The van der Waals surface area contributed by atoms with Crippen LogP contribution in [0, 0.1) is 0 Å². The Morgan fingerprint density at radius 3 is 2.87 bits per heavy atom. The third kappa shape index (κ3) is 2.84. The van der Waals surface area contributed by atoms with E-state index < -0.39 is 0 Å². The molecule has 1 rings (SSSR count). The van der Waals surface area contributed by atoms with Gasteiger partial charge in [0.25, 0.3) is 0 Å². The zero-order chi connectivity index (χ0) is 11.1. The summed E-state index contributed by atoms with van der Waals surface area (Å²) in [4.78, 5) is 0. The fourth-order valence-electron chi connectivity index (χ4n) is 1.29. The minimum Gasteiger partial charge on any atom is -0.489 e. The number of hydrogen-bond acceptors (Lipinski definition) is 3. The van der Waals surface area contributed by atoms with Crippen LogP contribution in [0.25, 0.3) is 0 Å². The minimum atomic E-state index is 0.444. The molecule has 3 heteroatoms. The van der Waals surface area contributed by atoms with E-state index in [4.69, 9.17) is 9.94 Å². The minimum absolute atomic E-state index is 0.444. The quantitative estimate of drug-likeness (QED) is 0.347. The Kier molecular flexibility index (Phi) is 4.41. The van der Waals surface area contributed by atoms with Gasteiger partial charge in [-0.15, -0.1) is 0 Å². The van der Waals surface area contributed by atoms with Crippen molar-refractivity contribution in [1.29, 1.82) is 0 Å². The number of benzene rings is 1. The van der Waals surface area contributed by atoms with E-state index in [0.717, 1.165) is 5.56 Å². The van der Waals surface area contributed by atoms with Crippen molar-refractivity contribution in [2.75, 3.05) is 6.61 Å². The van der Waals surface area contributed by atoms with Crippen molar-refractivity contribution in [2.45, 2.75) is 13.3 Å². The first kappa shape index (κ1) is 11.3. The molecule has 0 bridgehead atoms. The van der Waals surface area contributed by atoms with Crippen molar-refractivity contribution in [3.63, 3.8) is 0 Å². The number of hydrogen-bond donors (Lipinski definition) is 1. The van der Waals surface area contributed by atoms with E-state index >= 15 is 0 Å². The average molecular weight is 205 g/mol. The molecule has 15 heavy (non-hydrogen) atoms. The van der Waals surface area contributed by atoms with Crippen LogP contribution >= 0.6 is 0 Å². The molecule has 0 spiro atoms. The number of nitrogens with zero attached hydrogens (tertiary/aromatic N) is 1. The first-order valence-corrected chi connectivity index (χ1v) is 4.87. The maximum absolute atomic E-state index is 8.84. The fourth-order valence-corrected chi connectivity index (χ4v) is 1.29. The van der Waals surface area contributed by atoms with Gasteiger partial charge in [-0.1, -0.05) is 36.9 Å². The molecule has 1 aromatic carbocycles. The van der Waals surface area contributed by atoms with E-state index in [-0.39, 0.29) is 0 Å². The molecule has 0 saturated heterocycles. The van der Waals surface area contributed by atoms with Gasteiger partial charge in [0.15, 0.2) is 0 Å². The van der Waals surface area contributed by atoms with Crippen LogP contribution in [0.15, 0.2) is 42.1 Å². The summed E-state index contributed by atoms with van der Waals surface area (Å²) in [7, 11) is 0. The molecule has 0 aliphatic rings. The summed E-state index contributed by atoms with van der Waals surface area (Å²) in [6.07, 6.45) is 2.34. The van der Waals surface area contributed by atoms with E-state index in [9.17, 15) is 0 Å². The Labute approximate surface area is 89.7 Å². The monoisotopic (exact) mass is 205 g/mol. The van der Waals surface area contributed by atoms with Gasteiger partial charge in [-0.05, 0) is 18.6 Å². The molecule has 0 heterocycles. The van der Waals surface area contributed by atoms with E-state index in [1.807, 2.05) is 31.2 Å². The van der Waals surface area contributed by atoms with Crippen LogP contribution in [-0.2, 0) is 0 Å². The standard InChI is InChI=1S/C12H15NO2/c1-3-9-15-12-8-6-5-7-10(12)11(4-2)13-14/h3,5-8,14H,1,4,9H2,2H3/b13-11+. The van der Waals surface area contributed by atoms with Gasteiger partial charge in [-0.3, -0.25) is 0 Å². The SMILES string of the molecule is C=CCOc1ccccc1/C(CC)=N/O. The fraction of sp³-hybridized carbons (Fsp3) is 0.250. The lowest BCUT2D eigenvalue weighted by atomic mass is 10.1. The van der Waals surface area contributed by atoms with Crippen LogP contribution in [0.2, 0.25) is 0 Å². The van der Waals surface area contributed by atoms with Crippen molar-refractivity contribution in [2.24, 2.45) is 5.16 Å². The van der Waals surface area contributed by atoms with E-state index in [1.54, 1.807) is 6.08 Å². The molecule has 0 aliphatic heterocycles. The second kappa shape index (κ2) is 5.86. The molecule has 3 nitrogen and oxygen atoms in total. The van der Waals surface area contributed by atoms with Crippen molar-refractivity contribution < 1.29 is 9.94 Å². The molecule has 0 amide bonds. The van der Waals surface area contributed by atoms with E-state index in [2.05, 4.69) is 11.7 Å². The summed E-state index contributed by atoms with van der Waals surface area (Å²) in [6.45, 7) is 5.96. The molecule has 0 atom stereocenters. The molecule has 0 unspecified atom stereocenters.